The first kappa shape index (κ1) is 18.7. The highest BCUT2D eigenvalue weighted by atomic mass is 35.5. The summed E-state index contributed by atoms with van der Waals surface area (Å²) in [5.74, 6) is 0. The molecular formula is C18H19ClN4O2. The summed E-state index contributed by atoms with van der Waals surface area (Å²) in [7, 11) is 0. The van der Waals surface area contributed by atoms with Crippen LogP contribution in [-0.4, -0.2) is 25.7 Å². The van der Waals surface area contributed by atoms with Gasteiger partial charge in [0.2, 0.25) is 0 Å². The van der Waals surface area contributed by atoms with Crippen molar-refractivity contribution in [1.29, 1.82) is 5.26 Å². The number of benzene rings is 2. The zero-order valence-corrected chi connectivity index (χ0v) is 14.3. The largest absolute Gasteiger partial charge is 0.371 e. The molecule has 1 aliphatic rings. The van der Waals surface area contributed by atoms with Crippen molar-refractivity contribution in [2.45, 2.75) is 6.10 Å². The van der Waals surface area contributed by atoms with E-state index in [4.69, 9.17) is 10.00 Å². The number of carbonyl (C=O) groups is 1. The third-order valence-corrected chi connectivity index (χ3v) is 3.72. The number of nitrogens with one attached hydrogen (secondary N) is 3. The van der Waals surface area contributed by atoms with Gasteiger partial charge in [-0.3, -0.25) is 0 Å². The van der Waals surface area contributed by atoms with E-state index in [1.165, 1.54) is 0 Å². The van der Waals surface area contributed by atoms with Crippen LogP contribution in [0, 0.1) is 11.3 Å². The molecule has 0 bridgehead atoms. The molecule has 1 saturated heterocycles. The SMILES string of the molecule is Cl.N#Cc1cccc(NC(=O)Nc2ccc([C@H]3CNCCO3)cc2)c1. The smallest absolute Gasteiger partial charge is 0.323 e. The second-order valence-electron chi connectivity index (χ2n) is 5.46. The van der Waals surface area contributed by atoms with Crippen molar-refractivity contribution in [3.8, 4) is 6.07 Å². The van der Waals surface area contributed by atoms with Gasteiger partial charge in [0.25, 0.3) is 0 Å². The Morgan fingerprint density at radius 1 is 1.16 bits per heavy atom. The number of carbonyl (C=O) groups excluding carboxylic acids is 1. The van der Waals surface area contributed by atoms with Crippen LogP contribution >= 0.6 is 12.4 Å². The van der Waals surface area contributed by atoms with Crippen LogP contribution in [0.3, 0.4) is 0 Å². The van der Waals surface area contributed by atoms with Gasteiger partial charge < -0.3 is 20.7 Å². The molecule has 2 aromatic rings. The molecule has 7 heteroatoms. The van der Waals surface area contributed by atoms with Crippen LogP contribution in [0.25, 0.3) is 0 Å². The van der Waals surface area contributed by atoms with Gasteiger partial charge in [0, 0.05) is 24.5 Å². The number of anilines is 2. The molecule has 1 atom stereocenters. The van der Waals surface area contributed by atoms with E-state index in [-0.39, 0.29) is 24.5 Å². The van der Waals surface area contributed by atoms with E-state index in [2.05, 4.69) is 16.0 Å². The molecule has 3 rings (SSSR count). The average molecular weight is 359 g/mol. The lowest BCUT2D eigenvalue weighted by Gasteiger charge is -2.24. The molecule has 0 aliphatic carbocycles. The Labute approximate surface area is 152 Å². The van der Waals surface area contributed by atoms with E-state index < -0.39 is 0 Å². The van der Waals surface area contributed by atoms with Crippen LogP contribution < -0.4 is 16.0 Å². The predicted octanol–water partition coefficient (Wildman–Crippen LogP) is 3.28. The topological polar surface area (TPSA) is 86.2 Å². The minimum Gasteiger partial charge on any atom is -0.371 e. The fourth-order valence-electron chi connectivity index (χ4n) is 2.52. The number of hydrogen-bond donors (Lipinski definition) is 3. The molecule has 0 saturated carbocycles. The van der Waals surface area contributed by atoms with Gasteiger partial charge in [-0.15, -0.1) is 12.4 Å². The molecule has 0 spiro atoms. The van der Waals surface area contributed by atoms with Crippen molar-refractivity contribution in [3.63, 3.8) is 0 Å². The zero-order chi connectivity index (χ0) is 16.8. The van der Waals surface area contributed by atoms with Gasteiger partial charge >= 0.3 is 6.03 Å². The van der Waals surface area contributed by atoms with Crippen molar-refractivity contribution in [2.24, 2.45) is 0 Å². The Hall–Kier alpha value is -2.59. The van der Waals surface area contributed by atoms with E-state index in [0.717, 1.165) is 18.7 Å². The van der Waals surface area contributed by atoms with Crippen LogP contribution in [0.5, 0.6) is 0 Å². The van der Waals surface area contributed by atoms with Gasteiger partial charge in [-0.1, -0.05) is 18.2 Å². The van der Waals surface area contributed by atoms with Crippen molar-refractivity contribution in [1.82, 2.24) is 5.32 Å². The van der Waals surface area contributed by atoms with Gasteiger partial charge in [0.1, 0.15) is 0 Å². The van der Waals surface area contributed by atoms with Gasteiger partial charge in [-0.05, 0) is 35.9 Å². The standard InChI is InChI=1S/C18H18N4O2.ClH/c19-11-13-2-1-3-16(10-13)22-18(23)21-15-6-4-14(5-7-15)17-12-20-8-9-24-17;/h1-7,10,17,20H,8-9,12H2,(H2,21,22,23);1H/t17-;/m1./s1. The normalized spacial score (nSPS) is 16.2. The number of ether oxygens (including phenoxy) is 1. The zero-order valence-electron chi connectivity index (χ0n) is 13.5. The molecule has 3 N–H and O–H groups in total. The molecule has 0 aromatic heterocycles. The Balaban J connectivity index is 0.00000225. The van der Waals surface area contributed by atoms with E-state index in [1.807, 2.05) is 30.3 Å². The minimum atomic E-state index is -0.353. The average Bonchev–Trinajstić information content (AvgIpc) is 2.63. The number of rotatable bonds is 3. The molecule has 6 nitrogen and oxygen atoms in total. The van der Waals surface area contributed by atoms with Crippen LogP contribution in [0.1, 0.15) is 17.2 Å². The summed E-state index contributed by atoms with van der Waals surface area (Å²) in [4.78, 5) is 12.0. The lowest BCUT2D eigenvalue weighted by molar-refractivity contribution is 0.0277. The molecule has 130 valence electrons. The molecule has 1 aliphatic heterocycles. The maximum Gasteiger partial charge on any atom is 0.323 e. The maximum absolute atomic E-state index is 12.0. The quantitative estimate of drug-likeness (QED) is 0.785. The summed E-state index contributed by atoms with van der Waals surface area (Å²) in [6, 6.07) is 16.0. The summed E-state index contributed by atoms with van der Waals surface area (Å²) in [6.07, 6.45) is 0.0512. The van der Waals surface area contributed by atoms with E-state index in [9.17, 15) is 4.79 Å². The van der Waals surface area contributed by atoms with Crippen LogP contribution in [0.2, 0.25) is 0 Å². The highest BCUT2D eigenvalue weighted by molar-refractivity contribution is 5.99. The summed E-state index contributed by atoms with van der Waals surface area (Å²) in [6.45, 7) is 2.38. The molecule has 1 fully saturated rings. The molecule has 1 heterocycles. The number of amides is 2. The van der Waals surface area contributed by atoms with Crippen molar-refractivity contribution in [3.05, 3.63) is 59.7 Å². The van der Waals surface area contributed by atoms with Gasteiger partial charge in [0.15, 0.2) is 0 Å². The molecule has 25 heavy (non-hydrogen) atoms. The summed E-state index contributed by atoms with van der Waals surface area (Å²) >= 11 is 0. The van der Waals surface area contributed by atoms with Crippen LogP contribution in [0.15, 0.2) is 48.5 Å². The number of halogens is 1. The summed E-state index contributed by atoms with van der Waals surface area (Å²) in [5, 5.41) is 17.6. The van der Waals surface area contributed by atoms with E-state index in [1.54, 1.807) is 24.3 Å². The van der Waals surface area contributed by atoms with E-state index in [0.29, 0.717) is 23.5 Å². The molecule has 2 aromatic carbocycles. The number of hydrogen-bond acceptors (Lipinski definition) is 4. The third-order valence-electron chi connectivity index (χ3n) is 3.72. The van der Waals surface area contributed by atoms with Crippen LogP contribution in [0.4, 0.5) is 16.2 Å². The van der Waals surface area contributed by atoms with Crippen molar-refractivity contribution >= 4 is 29.8 Å². The second-order valence-corrected chi connectivity index (χ2v) is 5.46. The number of nitriles is 1. The van der Waals surface area contributed by atoms with Gasteiger partial charge in [-0.2, -0.15) is 5.26 Å². The highest BCUT2D eigenvalue weighted by Crippen LogP contribution is 2.21. The van der Waals surface area contributed by atoms with Crippen LogP contribution in [-0.2, 0) is 4.74 Å². The Morgan fingerprint density at radius 2 is 1.92 bits per heavy atom. The fourth-order valence-corrected chi connectivity index (χ4v) is 2.52. The van der Waals surface area contributed by atoms with Gasteiger partial charge in [-0.25, -0.2) is 4.79 Å². The second kappa shape index (κ2) is 9.04. The minimum absolute atomic E-state index is 0. The molecule has 0 unspecified atom stereocenters. The summed E-state index contributed by atoms with van der Waals surface area (Å²) in [5.41, 5.74) is 2.84. The molecule has 0 radical (unpaired) electrons. The predicted molar refractivity (Wildman–Crippen MR) is 99.1 cm³/mol. The Kier molecular flexibility index (Phi) is 6.78. The van der Waals surface area contributed by atoms with Gasteiger partial charge in [0.05, 0.1) is 24.3 Å². The summed E-state index contributed by atoms with van der Waals surface area (Å²) < 4.78 is 5.70. The number of morpholine rings is 1. The number of urea groups is 1. The third kappa shape index (κ3) is 5.19. The maximum atomic E-state index is 12.0. The van der Waals surface area contributed by atoms with E-state index >= 15 is 0 Å². The fraction of sp³-hybridized carbons (Fsp3) is 0.222. The lowest BCUT2D eigenvalue weighted by atomic mass is 10.1. The molecular weight excluding hydrogens is 340 g/mol. The first-order chi connectivity index (χ1) is 11.7. The Bertz CT molecular complexity index is 752. The van der Waals surface area contributed by atoms with Crippen molar-refractivity contribution in [2.75, 3.05) is 30.3 Å². The molecule has 2 amide bonds. The number of nitrogens with zero attached hydrogens (tertiary/aromatic N) is 1. The first-order valence-corrected chi connectivity index (χ1v) is 7.75. The lowest BCUT2D eigenvalue weighted by Crippen LogP contribution is -2.33. The highest BCUT2D eigenvalue weighted by Gasteiger charge is 2.15. The van der Waals surface area contributed by atoms with Crippen molar-refractivity contribution < 1.29 is 9.53 Å². The Morgan fingerprint density at radius 3 is 2.60 bits per heavy atom. The monoisotopic (exact) mass is 358 g/mol. The first-order valence-electron chi connectivity index (χ1n) is 7.75.